The molecule has 132 valence electrons. The first-order chi connectivity index (χ1) is 11.8. The van der Waals surface area contributed by atoms with Gasteiger partial charge < -0.3 is 5.73 Å². The average Bonchev–Trinajstić information content (AvgIpc) is 2.95. The Bertz CT molecular complexity index is 1070. The van der Waals surface area contributed by atoms with Crippen molar-refractivity contribution in [3.05, 3.63) is 59.0 Å². The van der Waals surface area contributed by atoms with Crippen LogP contribution in [0.3, 0.4) is 0 Å². The number of anilines is 1. The van der Waals surface area contributed by atoms with Gasteiger partial charge in [0.05, 0.1) is 9.92 Å². The van der Waals surface area contributed by atoms with E-state index in [0.29, 0.717) is 10.9 Å². The third kappa shape index (κ3) is 2.86. The number of nitrogens with zero attached hydrogens (tertiary/aromatic N) is 2. The first kappa shape index (κ1) is 17.6. The van der Waals surface area contributed by atoms with Crippen LogP contribution in [0, 0.1) is 5.82 Å². The van der Waals surface area contributed by atoms with Crippen LogP contribution in [0.4, 0.5) is 10.1 Å². The molecular formula is C15H13ClFN3O4S. The summed E-state index contributed by atoms with van der Waals surface area (Å²) in [6, 6.07) is 7.51. The maximum absolute atomic E-state index is 14.3. The summed E-state index contributed by atoms with van der Waals surface area (Å²) >= 11 is 5.79. The van der Waals surface area contributed by atoms with Crippen molar-refractivity contribution in [2.45, 2.75) is 11.4 Å². The molecule has 0 saturated heterocycles. The zero-order valence-corrected chi connectivity index (χ0v) is 14.2. The highest BCUT2D eigenvalue weighted by Gasteiger charge is 2.24. The fraction of sp³-hybridized carbons (Fsp3) is 0.0667. The molecule has 0 amide bonds. The average molecular weight is 386 g/mol. The minimum absolute atomic E-state index is 0.0232. The number of aromatic nitrogens is 1. The fourth-order valence-electron chi connectivity index (χ4n) is 2.55. The molecule has 10 heteroatoms. The Morgan fingerprint density at radius 3 is 2.60 bits per heavy atom. The van der Waals surface area contributed by atoms with Gasteiger partial charge in [0.15, 0.2) is 0 Å². The largest absolute Gasteiger partial charge is 0.326 e. The lowest BCUT2D eigenvalue weighted by molar-refractivity contribution is 0.0291. The molecule has 1 aromatic heterocycles. The Balaban J connectivity index is 2.29. The van der Waals surface area contributed by atoms with Crippen LogP contribution in [0.2, 0.25) is 5.02 Å². The number of rotatable bonds is 4. The van der Waals surface area contributed by atoms with Crippen LogP contribution in [0.25, 0.3) is 10.9 Å². The van der Waals surface area contributed by atoms with Gasteiger partial charge in [-0.05, 0) is 29.8 Å². The van der Waals surface area contributed by atoms with Gasteiger partial charge in [-0.15, -0.1) is 5.23 Å². The Morgan fingerprint density at radius 2 is 1.96 bits per heavy atom. The molecule has 0 aliphatic heterocycles. The Morgan fingerprint density at radius 1 is 1.24 bits per heavy atom. The number of hydrogen-bond donors (Lipinski definition) is 3. The topological polar surface area (TPSA) is 109 Å². The second-order valence-corrected chi connectivity index (χ2v) is 7.42. The van der Waals surface area contributed by atoms with E-state index in [4.69, 9.17) is 27.7 Å². The Kier molecular flexibility index (Phi) is 4.43. The summed E-state index contributed by atoms with van der Waals surface area (Å²) in [5.74, 6) is -0.721. The van der Waals surface area contributed by atoms with Crippen LogP contribution >= 0.6 is 11.6 Å². The van der Waals surface area contributed by atoms with Crippen LogP contribution in [0.1, 0.15) is 5.56 Å². The summed E-state index contributed by atoms with van der Waals surface area (Å²) in [6.45, 7) is 0.0232. The van der Waals surface area contributed by atoms with Crippen molar-refractivity contribution in [1.82, 2.24) is 3.97 Å². The zero-order valence-electron chi connectivity index (χ0n) is 12.6. The number of nitrogens with two attached hydrogens (primary N) is 1. The molecule has 1 heterocycles. The highest BCUT2D eigenvalue weighted by Crippen LogP contribution is 2.31. The first-order valence-electron chi connectivity index (χ1n) is 6.99. The van der Waals surface area contributed by atoms with Gasteiger partial charge in [0.2, 0.25) is 0 Å². The third-order valence-electron chi connectivity index (χ3n) is 3.74. The van der Waals surface area contributed by atoms with Crippen LogP contribution < -0.4 is 11.0 Å². The predicted octanol–water partition coefficient (Wildman–Crippen LogP) is 2.71. The molecule has 0 bridgehead atoms. The number of halogens is 2. The van der Waals surface area contributed by atoms with E-state index in [1.807, 2.05) is 0 Å². The maximum atomic E-state index is 14.3. The molecule has 25 heavy (non-hydrogen) atoms. The van der Waals surface area contributed by atoms with Crippen LogP contribution in [0.5, 0.6) is 0 Å². The number of fused-ring (bicyclic) bond motifs is 1. The number of benzene rings is 2. The Hall–Kier alpha value is -2.17. The molecule has 0 radical (unpaired) electrons. The van der Waals surface area contributed by atoms with Crippen molar-refractivity contribution in [2.75, 3.05) is 5.23 Å². The van der Waals surface area contributed by atoms with E-state index < -0.39 is 15.8 Å². The molecule has 3 rings (SSSR count). The standard InChI is InChI=1S/C15H13ClFN3O4S/c16-12-5-4-10(6-14(12)20(21)22)25(23,24)19-8-9(7-18)11-2-1-3-13(17)15(11)19/h1-6,8,21-22H,7,18H2. The lowest BCUT2D eigenvalue weighted by Gasteiger charge is -2.13. The molecule has 0 fully saturated rings. The van der Waals surface area contributed by atoms with Crippen LogP contribution in [-0.4, -0.2) is 22.8 Å². The molecule has 7 nitrogen and oxygen atoms in total. The summed E-state index contributed by atoms with van der Waals surface area (Å²) in [7, 11) is -4.24. The van der Waals surface area contributed by atoms with Crippen LogP contribution in [-0.2, 0) is 16.6 Å². The SMILES string of the molecule is NCc1cn(S(=O)(=O)c2ccc(Cl)c(N(O)O)c2)c2c(F)cccc12. The van der Waals surface area contributed by atoms with Crippen molar-refractivity contribution in [3.63, 3.8) is 0 Å². The van der Waals surface area contributed by atoms with Crippen molar-refractivity contribution < 1.29 is 23.2 Å². The summed E-state index contributed by atoms with van der Waals surface area (Å²) in [5, 5.41) is 18.3. The predicted molar refractivity (Wildman–Crippen MR) is 89.9 cm³/mol. The molecule has 0 atom stereocenters. The minimum Gasteiger partial charge on any atom is -0.326 e. The monoisotopic (exact) mass is 385 g/mol. The highest BCUT2D eigenvalue weighted by atomic mass is 35.5. The summed E-state index contributed by atoms with van der Waals surface area (Å²) in [5.41, 5.74) is 5.61. The smallest absolute Gasteiger partial charge is 0.268 e. The van der Waals surface area contributed by atoms with Crippen molar-refractivity contribution in [2.24, 2.45) is 5.73 Å². The fourth-order valence-corrected chi connectivity index (χ4v) is 4.16. The van der Waals surface area contributed by atoms with Crippen molar-refractivity contribution in [1.29, 1.82) is 0 Å². The summed E-state index contributed by atoms with van der Waals surface area (Å²) < 4.78 is 41.0. The van der Waals surface area contributed by atoms with E-state index in [1.54, 1.807) is 6.07 Å². The lowest BCUT2D eigenvalue weighted by atomic mass is 10.2. The van der Waals surface area contributed by atoms with Gasteiger partial charge in [-0.25, -0.2) is 16.8 Å². The second kappa shape index (κ2) is 6.28. The van der Waals surface area contributed by atoms with Gasteiger partial charge in [-0.3, -0.25) is 10.4 Å². The number of para-hydroxylation sites is 1. The molecule has 4 N–H and O–H groups in total. The Labute approximate surface area is 147 Å². The molecule has 0 unspecified atom stereocenters. The van der Waals surface area contributed by atoms with E-state index in [1.165, 1.54) is 24.4 Å². The van der Waals surface area contributed by atoms with Crippen molar-refractivity contribution in [3.8, 4) is 0 Å². The van der Waals surface area contributed by atoms with Gasteiger partial charge in [0, 0.05) is 18.1 Å². The molecule has 0 aliphatic rings. The summed E-state index contributed by atoms with van der Waals surface area (Å²) in [4.78, 5) is -0.302. The van der Waals surface area contributed by atoms with Gasteiger partial charge in [-0.1, -0.05) is 23.7 Å². The quantitative estimate of drug-likeness (QED) is 0.596. The van der Waals surface area contributed by atoms with E-state index >= 15 is 0 Å². The first-order valence-corrected chi connectivity index (χ1v) is 8.80. The zero-order chi connectivity index (χ0) is 18.4. The van der Waals surface area contributed by atoms with E-state index in [2.05, 4.69) is 0 Å². The van der Waals surface area contributed by atoms with Crippen LogP contribution in [0.15, 0.2) is 47.5 Å². The van der Waals surface area contributed by atoms with Crippen molar-refractivity contribution >= 4 is 38.2 Å². The molecule has 0 aliphatic carbocycles. The molecule has 2 aromatic carbocycles. The van der Waals surface area contributed by atoms with Gasteiger partial charge in [0.25, 0.3) is 10.0 Å². The van der Waals surface area contributed by atoms with E-state index in [-0.39, 0.29) is 32.9 Å². The number of hydrogen-bond acceptors (Lipinski definition) is 6. The van der Waals surface area contributed by atoms with Gasteiger partial charge in [-0.2, -0.15) is 0 Å². The molecular weight excluding hydrogens is 373 g/mol. The lowest BCUT2D eigenvalue weighted by Crippen LogP contribution is -2.15. The maximum Gasteiger partial charge on any atom is 0.268 e. The molecule has 3 aromatic rings. The highest BCUT2D eigenvalue weighted by molar-refractivity contribution is 7.90. The van der Waals surface area contributed by atoms with Gasteiger partial charge in [0.1, 0.15) is 17.0 Å². The van der Waals surface area contributed by atoms with E-state index in [0.717, 1.165) is 16.1 Å². The molecule has 0 saturated carbocycles. The second-order valence-electron chi connectivity index (χ2n) is 5.20. The molecule has 0 spiro atoms. The third-order valence-corrected chi connectivity index (χ3v) is 5.71. The summed E-state index contributed by atoms with van der Waals surface area (Å²) in [6.07, 6.45) is 1.24. The van der Waals surface area contributed by atoms with E-state index in [9.17, 15) is 12.8 Å². The normalized spacial score (nSPS) is 11.9. The minimum atomic E-state index is -4.24. The van der Waals surface area contributed by atoms with Gasteiger partial charge >= 0.3 is 0 Å².